The van der Waals surface area contributed by atoms with Gasteiger partial charge in [0.15, 0.2) is 0 Å². The largest absolute Gasteiger partial charge is 0.463 e. The molecular weight excluding hydrogens is 250 g/mol. The number of rotatable bonds is 7. The lowest BCUT2D eigenvalue weighted by atomic mass is 9.95. The van der Waals surface area contributed by atoms with E-state index in [9.17, 15) is 4.79 Å². The van der Waals surface area contributed by atoms with Crippen molar-refractivity contribution in [2.45, 2.75) is 40.3 Å². The van der Waals surface area contributed by atoms with Crippen LogP contribution in [0, 0.1) is 5.92 Å². The Kier molecular flexibility index (Phi) is 7.02. The minimum Gasteiger partial charge on any atom is -0.463 e. The fourth-order valence-corrected chi connectivity index (χ4v) is 2.17. The van der Waals surface area contributed by atoms with Gasteiger partial charge < -0.3 is 10.1 Å². The molecule has 0 amide bonds. The van der Waals surface area contributed by atoms with Gasteiger partial charge in [0, 0.05) is 12.6 Å². The molecule has 0 saturated heterocycles. The quantitative estimate of drug-likeness (QED) is 0.613. The topological polar surface area (TPSA) is 38.3 Å². The summed E-state index contributed by atoms with van der Waals surface area (Å²) in [6, 6.07) is 10.2. The number of carbonyl (C=O) groups is 1. The molecule has 0 unspecified atom stereocenters. The van der Waals surface area contributed by atoms with Gasteiger partial charge in [-0.2, -0.15) is 0 Å². The molecule has 1 rings (SSSR count). The highest BCUT2D eigenvalue weighted by Crippen LogP contribution is 2.15. The maximum atomic E-state index is 12.0. The molecule has 0 spiro atoms. The van der Waals surface area contributed by atoms with E-state index < -0.39 is 0 Å². The van der Waals surface area contributed by atoms with E-state index in [1.54, 1.807) is 0 Å². The van der Waals surface area contributed by atoms with Crippen molar-refractivity contribution in [2.24, 2.45) is 5.92 Å². The first-order valence-corrected chi connectivity index (χ1v) is 7.20. The second-order valence-corrected chi connectivity index (χ2v) is 5.05. The fourth-order valence-electron chi connectivity index (χ4n) is 2.17. The zero-order valence-electron chi connectivity index (χ0n) is 12.8. The summed E-state index contributed by atoms with van der Waals surface area (Å²) in [6.07, 6.45) is 1.85. The van der Waals surface area contributed by atoms with Gasteiger partial charge >= 0.3 is 5.97 Å². The van der Waals surface area contributed by atoms with Crippen LogP contribution >= 0.6 is 0 Å². The summed E-state index contributed by atoms with van der Waals surface area (Å²) in [4.78, 5) is 12.0. The molecule has 110 valence electrons. The summed E-state index contributed by atoms with van der Waals surface area (Å²) in [5, 5.41) is 3.46. The third-order valence-electron chi connectivity index (χ3n) is 3.19. The summed E-state index contributed by atoms with van der Waals surface area (Å²) in [5.41, 5.74) is 1.91. The molecule has 0 radical (unpaired) electrons. The zero-order valence-corrected chi connectivity index (χ0v) is 12.8. The molecule has 3 heteroatoms. The molecule has 1 aromatic carbocycles. The van der Waals surface area contributed by atoms with Crippen molar-refractivity contribution in [3.8, 4) is 0 Å². The fraction of sp³-hybridized carbons (Fsp3) is 0.471. The van der Waals surface area contributed by atoms with Crippen LogP contribution in [0.1, 0.15) is 33.3 Å². The van der Waals surface area contributed by atoms with E-state index in [1.807, 2.05) is 38.1 Å². The van der Waals surface area contributed by atoms with E-state index in [2.05, 4.69) is 31.3 Å². The van der Waals surface area contributed by atoms with Gasteiger partial charge in [-0.1, -0.05) is 50.3 Å². The summed E-state index contributed by atoms with van der Waals surface area (Å²) in [6.45, 7) is 9.05. The number of hydrogen-bond acceptors (Lipinski definition) is 3. The van der Waals surface area contributed by atoms with Crippen LogP contribution in [0.5, 0.6) is 0 Å². The molecule has 0 heterocycles. The van der Waals surface area contributed by atoms with Crippen LogP contribution in [0.2, 0.25) is 0 Å². The molecule has 1 aromatic rings. The lowest BCUT2D eigenvalue weighted by Gasteiger charge is -2.24. The van der Waals surface area contributed by atoms with E-state index in [1.165, 1.54) is 5.56 Å². The standard InChI is InChI=1S/C17H25NO2/c1-5-15(17(19)20-6-2)16(13(3)4)18-12-14-10-8-7-9-11-14/h5,7-11,13,16,18H,6,12H2,1-4H3/b15-5-/t16-/m1/s1. The minimum atomic E-state index is -0.228. The molecule has 0 bridgehead atoms. The van der Waals surface area contributed by atoms with Gasteiger partial charge in [0.05, 0.1) is 12.2 Å². The SMILES string of the molecule is C/C=C(\C(=O)OCC)[C@H](NCc1ccccc1)C(C)C. The molecule has 0 saturated carbocycles. The lowest BCUT2D eigenvalue weighted by Crippen LogP contribution is -2.38. The smallest absolute Gasteiger partial charge is 0.335 e. The van der Waals surface area contributed by atoms with Gasteiger partial charge in [0.2, 0.25) is 0 Å². The number of ether oxygens (including phenoxy) is 1. The molecule has 0 aromatic heterocycles. The Labute approximate surface area is 122 Å². The van der Waals surface area contributed by atoms with E-state index in [0.717, 1.165) is 6.54 Å². The van der Waals surface area contributed by atoms with Crippen molar-refractivity contribution >= 4 is 5.97 Å². The van der Waals surface area contributed by atoms with Gasteiger partial charge in [-0.05, 0) is 25.3 Å². The third-order valence-corrected chi connectivity index (χ3v) is 3.19. The highest BCUT2D eigenvalue weighted by molar-refractivity contribution is 5.89. The Hall–Kier alpha value is -1.61. The van der Waals surface area contributed by atoms with E-state index in [4.69, 9.17) is 4.74 Å². The lowest BCUT2D eigenvalue weighted by molar-refractivity contribution is -0.139. The predicted molar refractivity (Wildman–Crippen MR) is 82.3 cm³/mol. The monoisotopic (exact) mass is 275 g/mol. The molecule has 20 heavy (non-hydrogen) atoms. The average Bonchev–Trinajstić information content (AvgIpc) is 2.44. The van der Waals surface area contributed by atoms with Crippen LogP contribution in [0.15, 0.2) is 42.0 Å². The van der Waals surface area contributed by atoms with Gasteiger partial charge in [-0.3, -0.25) is 0 Å². The number of nitrogens with one attached hydrogen (secondary N) is 1. The van der Waals surface area contributed by atoms with Crippen LogP contribution < -0.4 is 5.32 Å². The van der Waals surface area contributed by atoms with Gasteiger partial charge in [-0.15, -0.1) is 0 Å². The summed E-state index contributed by atoms with van der Waals surface area (Å²) < 4.78 is 5.13. The summed E-state index contributed by atoms with van der Waals surface area (Å²) in [5.74, 6) is 0.0866. The number of esters is 1. The number of benzene rings is 1. The van der Waals surface area contributed by atoms with Gasteiger partial charge in [0.1, 0.15) is 0 Å². The number of allylic oxidation sites excluding steroid dienone is 1. The zero-order chi connectivity index (χ0) is 15.0. The molecule has 3 nitrogen and oxygen atoms in total. The summed E-state index contributed by atoms with van der Waals surface area (Å²) >= 11 is 0. The van der Waals surface area contributed by atoms with Crippen molar-refractivity contribution in [1.82, 2.24) is 5.32 Å². The van der Waals surface area contributed by atoms with E-state index in [0.29, 0.717) is 18.1 Å². The van der Waals surface area contributed by atoms with Crippen LogP contribution in [-0.4, -0.2) is 18.6 Å². The van der Waals surface area contributed by atoms with Gasteiger partial charge in [0.25, 0.3) is 0 Å². The van der Waals surface area contributed by atoms with Crippen molar-refractivity contribution in [1.29, 1.82) is 0 Å². The Morgan fingerprint density at radius 3 is 2.45 bits per heavy atom. The van der Waals surface area contributed by atoms with E-state index in [-0.39, 0.29) is 12.0 Å². The predicted octanol–water partition coefficient (Wildman–Crippen LogP) is 3.31. The average molecular weight is 275 g/mol. The molecule has 0 aliphatic carbocycles. The van der Waals surface area contributed by atoms with Crippen molar-refractivity contribution < 1.29 is 9.53 Å². The molecule has 1 N–H and O–H groups in total. The molecule has 0 fully saturated rings. The van der Waals surface area contributed by atoms with E-state index >= 15 is 0 Å². The van der Waals surface area contributed by atoms with Crippen LogP contribution in [0.3, 0.4) is 0 Å². The Morgan fingerprint density at radius 1 is 1.30 bits per heavy atom. The molecule has 0 aliphatic heterocycles. The maximum Gasteiger partial charge on any atom is 0.335 e. The van der Waals surface area contributed by atoms with Crippen LogP contribution in [0.25, 0.3) is 0 Å². The Bertz CT molecular complexity index is 438. The molecule has 1 atom stereocenters. The van der Waals surface area contributed by atoms with Crippen molar-refractivity contribution in [3.63, 3.8) is 0 Å². The van der Waals surface area contributed by atoms with Crippen molar-refractivity contribution in [3.05, 3.63) is 47.5 Å². The normalized spacial score (nSPS) is 13.3. The third kappa shape index (κ3) is 4.82. The van der Waals surface area contributed by atoms with Gasteiger partial charge in [-0.25, -0.2) is 4.79 Å². The first-order chi connectivity index (χ1) is 9.60. The van der Waals surface area contributed by atoms with Crippen LogP contribution in [0.4, 0.5) is 0 Å². The minimum absolute atomic E-state index is 0.000689. The first-order valence-electron chi connectivity index (χ1n) is 7.20. The Morgan fingerprint density at radius 2 is 1.95 bits per heavy atom. The Balaban J connectivity index is 2.75. The first kappa shape index (κ1) is 16.4. The highest BCUT2D eigenvalue weighted by atomic mass is 16.5. The second kappa shape index (κ2) is 8.54. The second-order valence-electron chi connectivity index (χ2n) is 5.05. The summed E-state index contributed by atoms with van der Waals surface area (Å²) in [7, 11) is 0. The number of carbonyl (C=O) groups excluding carboxylic acids is 1. The molecular formula is C17H25NO2. The maximum absolute atomic E-state index is 12.0. The van der Waals surface area contributed by atoms with Crippen molar-refractivity contribution in [2.75, 3.05) is 6.61 Å². The molecule has 0 aliphatic rings. The highest BCUT2D eigenvalue weighted by Gasteiger charge is 2.23. The number of hydrogen-bond donors (Lipinski definition) is 1. The van der Waals surface area contributed by atoms with Crippen LogP contribution in [-0.2, 0) is 16.1 Å².